The second kappa shape index (κ2) is 8.82. The highest BCUT2D eigenvalue weighted by Crippen LogP contribution is 2.15. The van der Waals surface area contributed by atoms with E-state index < -0.39 is 5.97 Å². The number of nitrogens with one attached hydrogen (secondary N) is 1. The summed E-state index contributed by atoms with van der Waals surface area (Å²) in [4.78, 5) is 22.8. The van der Waals surface area contributed by atoms with Crippen molar-refractivity contribution in [3.8, 4) is 5.75 Å². The molecule has 2 N–H and O–H groups in total. The fraction of sp³-hybridized carbons (Fsp3) is 0.263. The predicted molar refractivity (Wildman–Crippen MR) is 90.9 cm³/mol. The van der Waals surface area contributed by atoms with Crippen LogP contribution in [0.1, 0.15) is 29.3 Å². The van der Waals surface area contributed by atoms with Crippen molar-refractivity contribution < 1.29 is 23.8 Å². The molecule has 0 saturated heterocycles. The number of halogens is 1. The first-order valence-corrected chi connectivity index (χ1v) is 7.91. The molecule has 1 amide bonds. The van der Waals surface area contributed by atoms with Crippen molar-refractivity contribution in [2.75, 3.05) is 6.54 Å². The highest BCUT2D eigenvalue weighted by atomic mass is 19.1. The number of benzene rings is 2. The molecule has 0 radical (unpaired) electrons. The lowest BCUT2D eigenvalue weighted by Crippen LogP contribution is -2.29. The molecular weight excluding hydrogens is 325 g/mol. The third-order valence-corrected chi connectivity index (χ3v) is 3.52. The number of hydrogen-bond donors (Lipinski definition) is 2. The second-order valence-electron chi connectivity index (χ2n) is 5.86. The number of carboxylic acid groups (broad SMARTS) is 1. The second-order valence-corrected chi connectivity index (χ2v) is 5.86. The third-order valence-electron chi connectivity index (χ3n) is 3.52. The average Bonchev–Trinajstić information content (AvgIpc) is 2.57. The average molecular weight is 345 g/mol. The van der Waals surface area contributed by atoms with Gasteiger partial charge in [-0.2, -0.15) is 0 Å². The Morgan fingerprint density at radius 1 is 1.20 bits per heavy atom. The Labute approximate surface area is 145 Å². The van der Waals surface area contributed by atoms with Crippen LogP contribution in [0.5, 0.6) is 5.75 Å². The number of carbonyl (C=O) groups excluding carboxylic acids is 1. The summed E-state index contributed by atoms with van der Waals surface area (Å²) in [5.74, 6) is -1.28. The molecule has 2 aromatic carbocycles. The van der Waals surface area contributed by atoms with Gasteiger partial charge in [-0.25, -0.2) is 4.39 Å². The zero-order valence-corrected chi connectivity index (χ0v) is 13.9. The number of ether oxygens (including phenoxy) is 1. The van der Waals surface area contributed by atoms with E-state index in [1.807, 2.05) is 6.07 Å². The van der Waals surface area contributed by atoms with E-state index in [4.69, 9.17) is 9.84 Å². The Bertz CT molecular complexity index is 748. The summed E-state index contributed by atoms with van der Waals surface area (Å²) in [7, 11) is 0. The molecular formula is C19H20FNO4. The number of carbonyl (C=O) groups is 2. The predicted octanol–water partition coefficient (Wildman–Crippen LogP) is 3.25. The van der Waals surface area contributed by atoms with Crippen LogP contribution in [-0.2, 0) is 11.4 Å². The van der Waals surface area contributed by atoms with E-state index in [0.29, 0.717) is 11.3 Å². The van der Waals surface area contributed by atoms with Gasteiger partial charge in [0.1, 0.15) is 18.2 Å². The molecule has 0 heterocycles. The van der Waals surface area contributed by atoms with Crippen LogP contribution >= 0.6 is 0 Å². The van der Waals surface area contributed by atoms with Crippen LogP contribution in [0.15, 0.2) is 48.5 Å². The molecule has 6 heteroatoms. The molecule has 0 aromatic heterocycles. The van der Waals surface area contributed by atoms with Crippen molar-refractivity contribution in [1.29, 1.82) is 0 Å². The SMILES string of the molecule is CC(CNC(=O)c1cccc(COc2cccc(F)c2)c1)CC(=O)O. The third kappa shape index (κ3) is 6.25. The van der Waals surface area contributed by atoms with Crippen molar-refractivity contribution in [1.82, 2.24) is 5.32 Å². The van der Waals surface area contributed by atoms with E-state index in [9.17, 15) is 14.0 Å². The zero-order valence-electron chi connectivity index (χ0n) is 13.9. The number of rotatable bonds is 8. The van der Waals surface area contributed by atoms with Gasteiger partial charge in [-0.1, -0.05) is 25.1 Å². The van der Waals surface area contributed by atoms with Gasteiger partial charge in [0.2, 0.25) is 0 Å². The summed E-state index contributed by atoms with van der Waals surface area (Å²) in [5, 5.41) is 11.4. The minimum atomic E-state index is -0.891. The molecule has 0 aliphatic carbocycles. The van der Waals surface area contributed by atoms with Gasteiger partial charge in [0.05, 0.1) is 0 Å². The van der Waals surface area contributed by atoms with Crippen LogP contribution in [0.3, 0.4) is 0 Å². The fourth-order valence-corrected chi connectivity index (χ4v) is 2.27. The van der Waals surface area contributed by atoms with Gasteiger partial charge in [-0.3, -0.25) is 9.59 Å². The molecule has 0 fully saturated rings. The van der Waals surface area contributed by atoms with E-state index >= 15 is 0 Å². The molecule has 0 aliphatic rings. The molecule has 0 bridgehead atoms. The summed E-state index contributed by atoms with van der Waals surface area (Å²) in [5.41, 5.74) is 1.23. The number of amides is 1. The van der Waals surface area contributed by atoms with Gasteiger partial charge in [0.15, 0.2) is 0 Å². The summed E-state index contributed by atoms with van der Waals surface area (Å²) in [6.45, 7) is 2.26. The lowest BCUT2D eigenvalue weighted by molar-refractivity contribution is -0.137. The molecule has 2 aromatic rings. The highest BCUT2D eigenvalue weighted by Gasteiger charge is 2.11. The maximum Gasteiger partial charge on any atom is 0.303 e. The van der Waals surface area contributed by atoms with Gasteiger partial charge in [-0.15, -0.1) is 0 Å². The Morgan fingerprint density at radius 3 is 2.68 bits per heavy atom. The molecule has 0 spiro atoms. The summed E-state index contributed by atoms with van der Waals surface area (Å²) < 4.78 is 18.6. The maximum atomic E-state index is 13.1. The molecule has 5 nitrogen and oxygen atoms in total. The van der Waals surface area contributed by atoms with Gasteiger partial charge >= 0.3 is 5.97 Å². The molecule has 132 valence electrons. The van der Waals surface area contributed by atoms with Crippen molar-refractivity contribution in [3.05, 3.63) is 65.5 Å². The summed E-state index contributed by atoms with van der Waals surface area (Å²) in [6, 6.07) is 12.8. The Hall–Kier alpha value is -2.89. The van der Waals surface area contributed by atoms with E-state index in [-0.39, 0.29) is 37.2 Å². The Kier molecular flexibility index (Phi) is 6.51. The van der Waals surface area contributed by atoms with Crippen LogP contribution in [0.2, 0.25) is 0 Å². The number of aliphatic carboxylic acids is 1. The Morgan fingerprint density at radius 2 is 1.96 bits per heavy atom. The number of carboxylic acids is 1. The first kappa shape index (κ1) is 18.4. The Balaban J connectivity index is 1.91. The van der Waals surface area contributed by atoms with Crippen LogP contribution < -0.4 is 10.1 Å². The largest absolute Gasteiger partial charge is 0.489 e. The fourth-order valence-electron chi connectivity index (χ4n) is 2.27. The standard InChI is InChI=1S/C19H20FNO4/c1-13(8-18(22)23)11-21-19(24)15-5-2-4-14(9-15)12-25-17-7-3-6-16(20)10-17/h2-7,9-10,13H,8,11-12H2,1H3,(H,21,24)(H,22,23). The number of hydrogen-bond acceptors (Lipinski definition) is 3. The quantitative estimate of drug-likeness (QED) is 0.770. The van der Waals surface area contributed by atoms with Crippen LogP contribution in [0.4, 0.5) is 4.39 Å². The van der Waals surface area contributed by atoms with Crippen molar-refractivity contribution in [2.24, 2.45) is 5.92 Å². The van der Waals surface area contributed by atoms with Crippen molar-refractivity contribution in [2.45, 2.75) is 20.0 Å². The highest BCUT2D eigenvalue weighted by molar-refractivity contribution is 5.94. The van der Waals surface area contributed by atoms with Gasteiger partial charge in [0.25, 0.3) is 5.91 Å². The first-order chi connectivity index (χ1) is 11.9. The molecule has 2 rings (SSSR count). The molecule has 0 saturated carbocycles. The first-order valence-electron chi connectivity index (χ1n) is 7.91. The summed E-state index contributed by atoms with van der Waals surface area (Å²) >= 11 is 0. The van der Waals surface area contributed by atoms with E-state index in [1.54, 1.807) is 37.3 Å². The van der Waals surface area contributed by atoms with Crippen molar-refractivity contribution >= 4 is 11.9 Å². The topological polar surface area (TPSA) is 75.6 Å². The lowest BCUT2D eigenvalue weighted by Gasteiger charge is -2.11. The minimum Gasteiger partial charge on any atom is -0.489 e. The maximum absolute atomic E-state index is 13.1. The van der Waals surface area contributed by atoms with Gasteiger partial charge in [-0.05, 0) is 35.7 Å². The minimum absolute atomic E-state index is 0.00178. The summed E-state index contributed by atoms with van der Waals surface area (Å²) in [6.07, 6.45) is 0.00178. The van der Waals surface area contributed by atoms with E-state index in [0.717, 1.165) is 5.56 Å². The molecule has 0 aliphatic heterocycles. The van der Waals surface area contributed by atoms with Crippen LogP contribution in [-0.4, -0.2) is 23.5 Å². The van der Waals surface area contributed by atoms with E-state index in [1.165, 1.54) is 12.1 Å². The lowest BCUT2D eigenvalue weighted by atomic mass is 10.1. The van der Waals surface area contributed by atoms with Gasteiger partial charge in [0, 0.05) is 24.6 Å². The van der Waals surface area contributed by atoms with E-state index in [2.05, 4.69) is 5.32 Å². The molecule has 25 heavy (non-hydrogen) atoms. The monoisotopic (exact) mass is 345 g/mol. The molecule has 1 atom stereocenters. The van der Waals surface area contributed by atoms with Crippen molar-refractivity contribution in [3.63, 3.8) is 0 Å². The van der Waals surface area contributed by atoms with Crippen LogP contribution in [0.25, 0.3) is 0 Å². The zero-order chi connectivity index (χ0) is 18.2. The smallest absolute Gasteiger partial charge is 0.303 e. The van der Waals surface area contributed by atoms with Gasteiger partial charge < -0.3 is 15.2 Å². The molecule has 1 unspecified atom stereocenters. The normalized spacial score (nSPS) is 11.6. The van der Waals surface area contributed by atoms with Crippen LogP contribution in [0, 0.1) is 11.7 Å².